The average Bonchev–Trinajstić information content (AvgIpc) is 3.28. The molecule has 3 heterocycles. The predicted octanol–water partition coefficient (Wildman–Crippen LogP) is 3.94. The van der Waals surface area contributed by atoms with Gasteiger partial charge in [-0.25, -0.2) is 4.98 Å². The molecule has 3 N–H and O–H groups in total. The molecule has 2 aromatic heterocycles. The van der Waals surface area contributed by atoms with Crippen LogP contribution in [0.15, 0.2) is 60.8 Å². The first-order valence-corrected chi connectivity index (χ1v) is 11.5. The molecule has 168 valence electrons. The van der Waals surface area contributed by atoms with Gasteiger partial charge in [-0.2, -0.15) is 15.0 Å². The lowest BCUT2D eigenvalue weighted by atomic mass is 10.2. The molecular formula is C23H24N8OS. The molecule has 0 bridgehead atoms. The Morgan fingerprint density at radius 2 is 1.55 bits per heavy atom. The molecule has 2 aromatic carbocycles. The number of phenolic OH excluding ortho intramolecular Hbond substituents is 1. The third-order valence-corrected chi connectivity index (χ3v) is 6.28. The summed E-state index contributed by atoms with van der Waals surface area (Å²) in [7, 11) is 2.12. The summed E-state index contributed by atoms with van der Waals surface area (Å²) >= 11 is 1.42. The van der Waals surface area contributed by atoms with Crippen LogP contribution in [0.5, 0.6) is 5.75 Å². The highest BCUT2D eigenvalue weighted by molar-refractivity contribution is 7.19. The smallest absolute Gasteiger partial charge is 0.235 e. The summed E-state index contributed by atoms with van der Waals surface area (Å²) in [5.74, 6) is 1.72. The van der Waals surface area contributed by atoms with E-state index in [4.69, 9.17) is 0 Å². The first kappa shape index (κ1) is 21.1. The van der Waals surface area contributed by atoms with Crippen LogP contribution in [-0.4, -0.2) is 63.2 Å². The number of phenols is 1. The molecule has 33 heavy (non-hydrogen) atoms. The number of likely N-dealkylation sites (N-methyl/N-ethyl adjacent to an activating group) is 1. The van der Waals surface area contributed by atoms with Crippen LogP contribution < -0.4 is 15.5 Å². The van der Waals surface area contributed by atoms with Crippen molar-refractivity contribution in [1.82, 2.24) is 24.8 Å². The fraction of sp³-hybridized carbons (Fsp3) is 0.217. The summed E-state index contributed by atoms with van der Waals surface area (Å²) in [6, 6.07) is 17.0. The van der Waals surface area contributed by atoms with Gasteiger partial charge in [0.2, 0.25) is 17.8 Å². The van der Waals surface area contributed by atoms with Crippen LogP contribution in [0, 0.1) is 0 Å². The number of rotatable bonds is 6. The molecule has 0 amide bonds. The molecule has 4 aromatic rings. The number of anilines is 5. The molecule has 0 unspecified atom stereocenters. The molecule has 1 saturated heterocycles. The number of aromatic nitrogens is 4. The maximum atomic E-state index is 10.1. The summed E-state index contributed by atoms with van der Waals surface area (Å²) in [5, 5.41) is 17.3. The average molecular weight is 461 g/mol. The van der Waals surface area contributed by atoms with Crippen LogP contribution in [0.1, 0.15) is 0 Å². The number of hydrogen-bond donors (Lipinski definition) is 3. The summed E-state index contributed by atoms with van der Waals surface area (Å²) in [4.78, 5) is 23.7. The molecule has 0 radical (unpaired) electrons. The van der Waals surface area contributed by atoms with Crippen molar-refractivity contribution < 1.29 is 5.11 Å². The molecular weight excluding hydrogens is 436 g/mol. The van der Waals surface area contributed by atoms with Crippen molar-refractivity contribution in [1.29, 1.82) is 0 Å². The largest absolute Gasteiger partial charge is 0.507 e. The zero-order valence-electron chi connectivity index (χ0n) is 18.1. The first-order chi connectivity index (χ1) is 16.1. The van der Waals surface area contributed by atoms with Crippen LogP contribution in [0.4, 0.5) is 28.7 Å². The maximum Gasteiger partial charge on any atom is 0.235 e. The second kappa shape index (κ2) is 9.39. The molecule has 0 saturated carbocycles. The van der Waals surface area contributed by atoms with E-state index >= 15 is 0 Å². The van der Waals surface area contributed by atoms with Gasteiger partial charge in [-0.15, -0.1) is 0 Å². The second-order valence-corrected chi connectivity index (χ2v) is 8.77. The van der Waals surface area contributed by atoms with Gasteiger partial charge in [-0.1, -0.05) is 41.7 Å². The van der Waals surface area contributed by atoms with Crippen molar-refractivity contribution in [3.05, 3.63) is 60.8 Å². The van der Waals surface area contributed by atoms with Gasteiger partial charge in [-0.05, 0) is 31.3 Å². The normalized spacial score (nSPS) is 14.3. The Balaban J connectivity index is 1.43. The van der Waals surface area contributed by atoms with Gasteiger partial charge in [-0.3, -0.25) is 5.32 Å². The van der Waals surface area contributed by atoms with E-state index in [-0.39, 0.29) is 5.75 Å². The third kappa shape index (κ3) is 5.02. The van der Waals surface area contributed by atoms with Crippen LogP contribution in [0.3, 0.4) is 0 Å². The number of thiazole rings is 1. The van der Waals surface area contributed by atoms with E-state index in [1.165, 1.54) is 11.3 Å². The maximum absolute atomic E-state index is 10.1. The van der Waals surface area contributed by atoms with Gasteiger partial charge >= 0.3 is 0 Å². The van der Waals surface area contributed by atoms with Gasteiger partial charge < -0.3 is 20.2 Å². The van der Waals surface area contributed by atoms with E-state index in [1.54, 1.807) is 18.3 Å². The quantitative estimate of drug-likeness (QED) is 0.395. The first-order valence-electron chi connectivity index (χ1n) is 10.7. The minimum absolute atomic E-state index is 0.222. The van der Waals surface area contributed by atoms with Crippen LogP contribution >= 0.6 is 11.3 Å². The van der Waals surface area contributed by atoms with Gasteiger partial charge in [0.1, 0.15) is 5.75 Å². The Morgan fingerprint density at radius 3 is 2.30 bits per heavy atom. The molecule has 1 aliphatic rings. The zero-order valence-corrected chi connectivity index (χ0v) is 19.0. The lowest BCUT2D eigenvalue weighted by molar-refractivity contribution is 0.311. The third-order valence-electron chi connectivity index (χ3n) is 5.33. The van der Waals surface area contributed by atoms with Crippen LogP contribution in [-0.2, 0) is 0 Å². The van der Waals surface area contributed by atoms with Crippen molar-refractivity contribution in [2.75, 3.05) is 48.8 Å². The van der Waals surface area contributed by atoms with Crippen molar-refractivity contribution in [2.45, 2.75) is 0 Å². The van der Waals surface area contributed by atoms with Crippen molar-refractivity contribution in [3.8, 4) is 16.2 Å². The van der Waals surface area contributed by atoms with E-state index in [0.717, 1.165) is 42.3 Å². The van der Waals surface area contributed by atoms with E-state index in [0.29, 0.717) is 23.0 Å². The van der Waals surface area contributed by atoms with E-state index in [9.17, 15) is 5.11 Å². The standard InChI is InChI=1S/C23H24N8OS/c1-30-11-13-31(14-12-30)22-27-20(25-16-7-3-2-4-8-16)26-21(28-22)29-23-24-15-19(33-23)17-9-5-6-10-18(17)32/h2-10,15,32H,11-14H2,1H3,(H2,24,25,26,27,28,29). The van der Waals surface area contributed by atoms with Gasteiger partial charge in [0, 0.05) is 43.6 Å². The Bertz CT molecular complexity index is 1220. The van der Waals surface area contributed by atoms with Crippen molar-refractivity contribution in [3.63, 3.8) is 0 Å². The molecule has 0 aliphatic carbocycles. The Kier molecular flexibility index (Phi) is 6.01. The van der Waals surface area contributed by atoms with Gasteiger partial charge in [0.25, 0.3) is 0 Å². The fourth-order valence-corrected chi connectivity index (χ4v) is 4.35. The van der Waals surface area contributed by atoms with Crippen molar-refractivity contribution in [2.24, 2.45) is 0 Å². The Morgan fingerprint density at radius 1 is 0.848 bits per heavy atom. The molecule has 9 nitrogen and oxygen atoms in total. The molecule has 0 atom stereocenters. The monoisotopic (exact) mass is 460 g/mol. The van der Waals surface area contributed by atoms with Crippen LogP contribution in [0.25, 0.3) is 10.4 Å². The molecule has 10 heteroatoms. The molecule has 0 spiro atoms. The molecule has 1 aliphatic heterocycles. The highest BCUT2D eigenvalue weighted by atomic mass is 32.1. The number of aromatic hydroxyl groups is 1. The number of para-hydroxylation sites is 2. The van der Waals surface area contributed by atoms with Crippen molar-refractivity contribution >= 4 is 40.0 Å². The summed E-state index contributed by atoms with van der Waals surface area (Å²) in [6.45, 7) is 3.59. The highest BCUT2D eigenvalue weighted by Crippen LogP contribution is 2.35. The van der Waals surface area contributed by atoms with E-state index in [1.807, 2.05) is 42.5 Å². The number of benzene rings is 2. The minimum atomic E-state index is 0.222. The summed E-state index contributed by atoms with van der Waals surface area (Å²) < 4.78 is 0. The molecule has 5 rings (SSSR count). The van der Waals surface area contributed by atoms with E-state index < -0.39 is 0 Å². The lowest BCUT2D eigenvalue weighted by Crippen LogP contribution is -2.45. The fourth-order valence-electron chi connectivity index (χ4n) is 3.51. The lowest BCUT2D eigenvalue weighted by Gasteiger charge is -2.32. The van der Waals surface area contributed by atoms with Gasteiger partial charge in [0.15, 0.2) is 5.13 Å². The second-order valence-electron chi connectivity index (χ2n) is 7.74. The number of nitrogens with zero attached hydrogens (tertiary/aromatic N) is 6. The Labute approximate surface area is 195 Å². The predicted molar refractivity (Wildman–Crippen MR) is 132 cm³/mol. The topological polar surface area (TPSA) is 102 Å². The van der Waals surface area contributed by atoms with E-state index in [2.05, 4.69) is 47.4 Å². The number of piperazine rings is 1. The number of hydrogen-bond acceptors (Lipinski definition) is 10. The summed E-state index contributed by atoms with van der Waals surface area (Å²) in [6.07, 6.45) is 1.73. The van der Waals surface area contributed by atoms with Crippen LogP contribution in [0.2, 0.25) is 0 Å². The highest BCUT2D eigenvalue weighted by Gasteiger charge is 2.19. The molecule has 1 fully saturated rings. The summed E-state index contributed by atoms with van der Waals surface area (Å²) in [5.41, 5.74) is 1.64. The number of nitrogens with one attached hydrogen (secondary N) is 2. The SMILES string of the molecule is CN1CCN(c2nc(Nc3ccccc3)nc(Nc3ncc(-c4ccccc4O)s3)n2)CC1. The Hall–Kier alpha value is -3.76. The minimum Gasteiger partial charge on any atom is -0.507 e. The van der Waals surface area contributed by atoms with Gasteiger partial charge in [0.05, 0.1) is 4.88 Å². The zero-order chi connectivity index (χ0) is 22.6.